The molecule has 17 heavy (non-hydrogen) atoms. The van der Waals surface area contributed by atoms with Crippen molar-refractivity contribution >= 4 is 5.91 Å². The Kier molecular flexibility index (Phi) is 5.92. The largest absolute Gasteiger partial charge is 0.396 e. The fourth-order valence-corrected chi connectivity index (χ4v) is 1.94. The molecule has 0 saturated heterocycles. The molecule has 4 heteroatoms. The van der Waals surface area contributed by atoms with Crippen LogP contribution in [0.4, 0.5) is 0 Å². The first-order chi connectivity index (χ1) is 8.08. The quantitative estimate of drug-likeness (QED) is 0.530. The number of carbonyl (C=O) groups is 1. The number of rotatable bonds is 9. The summed E-state index contributed by atoms with van der Waals surface area (Å²) in [5.41, 5.74) is 0.223. The van der Waals surface area contributed by atoms with Crippen LogP contribution in [0.1, 0.15) is 46.0 Å². The summed E-state index contributed by atoms with van der Waals surface area (Å²) >= 11 is 0. The molecule has 0 aromatic heterocycles. The summed E-state index contributed by atoms with van der Waals surface area (Å²) in [5.74, 6) is 0.139. The van der Waals surface area contributed by atoms with Crippen molar-refractivity contribution in [3.8, 4) is 0 Å². The first kappa shape index (κ1) is 14.5. The van der Waals surface area contributed by atoms with E-state index in [4.69, 9.17) is 5.11 Å². The minimum atomic E-state index is 0.139. The van der Waals surface area contributed by atoms with Crippen molar-refractivity contribution in [3.05, 3.63) is 0 Å². The maximum absolute atomic E-state index is 11.6. The van der Waals surface area contributed by atoms with Crippen LogP contribution in [0.25, 0.3) is 0 Å². The number of carbonyl (C=O) groups excluding carboxylic acids is 1. The summed E-state index contributed by atoms with van der Waals surface area (Å²) < 4.78 is 0. The van der Waals surface area contributed by atoms with Gasteiger partial charge in [-0.3, -0.25) is 4.79 Å². The third-order valence-electron chi connectivity index (χ3n) is 3.39. The van der Waals surface area contributed by atoms with Crippen LogP contribution in [-0.4, -0.2) is 36.8 Å². The van der Waals surface area contributed by atoms with E-state index in [1.54, 1.807) is 0 Å². The molecule has 1 saturated carbocycles. The van der Waals surface area contributed by atoms with Crippen molar-refractivity contribution < 1.29 is 9.90 Å². The molecule has 0 spiro atoms. The predicted molar refractivity (Wildman–Crippen MR) is 68.8 cm³/mol. The van der Waals surface area contributed by atoms with Gasteiger partial charge >= 0.3 is 0 Å². The summed E-state index contributed by atoms with van der Waals surface area (Å²) in [7, 11) is 0. The molecule has 3 N–H and O–H groups in total. The van der Waals surface area contributed by atoms with E-state index in [-0.39, 0.29) is 17.9 Å². The van der Waals surface area contributed by atoms with Crippen LogP contribution in [0.2, 0.25) is 0 Å². The molecular weight excluding hydrogens is 216 g/mol. The topological polar surface area (TPSA) is 61.4 Å². The lowest BCUT2D eigenvalue weighted by Gasteiger charge is -2.14. The highest BCUT2D eigenvalue weighted by Gasteiger charge is 2.41. The molecule has 0 atom stereocenters. The van der Waals surface area contributed by atoms with Crippen LogP contribution < -0.4 is 10.6 Å². The molecule has 0 radical (unpaired) electrons. The molecule has 0 aliphatic heterocycles. The molecule has 1 amide bonds. The summed E-state index contributed by atoms with van der Waals surface area (Å²) in [6.45, 7) is 6.07. The van der Waals surface area contributed by atoms with Crippen LogP contribution in [0.3, 0.4) is 0 Å². The van der Waals surface area contributed by atoms with E-state index in [9.17, 15) is 4.79 Å². The van der Waals surface area contributed by atoms with Gasteiger partial charge in [-0.05, 0) is 37.6 Å². The van der Waals surface area contributed by atoms with E-state index < -0.39 is 0 Å². The summed E-state index contributed by atoms with van der Waals surface area (Å²) in [6, 6.07) is 0.484. The predicted octanol–water partition coefficient (Wildman–Crippen LogP) is 1.04. The van der Waals surface area contributed by atoms with Gasteiger partial charge in [-0.2, -0.15) is 0 Å². The van der Waals surface area contributed by atoms with Gasteiger partial charge in [0.1, 0.15) is 0 Å². The molecule has 1 aliphatic rings. The maximum atomic E-state index is 11.6. The lowest BCUT2D eigenvalue weighted by atomic mass is 10.0. The first-order valence-corrected chi connectivity index (χ1v) is 6.69. The van der Waals surface area contributed by atoms with Gasteiger partial charge in [0, 0.05) is 25.6 Å². The Morgan fingerprint density at radius 2 is 2.12 bits per heavy atom. The van der Waals surface area contributed by atoms with E-state index in [1.807, 2.05) is 0 Å². The minimum absolute atomic E-state index is 0.139. The Hall–Kier alpha value is -0.610. The highest BCUT2D eigenvalue weighted by molar-refractivity contribution is 5.75. The fraction of sp³-hybridized carbons (Fsp3) is 0.923. The number of aliphatic hydroxyl groups is 1. The zero-order valence-corrected chi connectivity index (χ0v) is 11.1. The van der Waals surface area contributed by atoms with E-state index >= 15 is 0 Å². The van der Waals surface area contributed by atoms with Gasteiger partial charge in [0.2, 0.25) is 5.91 Å². The second kappa shape index (κ2) is 6.97. The number of aliphatic hydroxyl groups excluding tert-OH is 1. The molecule has 1 aliphatic carbocycles. The zero-order valence-electron chi connectivity index (χ0n) is 11.1. The molecule has 0 unspecified atom stereocenters. The Balaban J connectivity index is 2.02. The summed E-state index contributed by atoms with van der Waals surface area (Å²) in [4.78, 5) is 11.6. The Labute approximate surface area is 104 Å². The van der Waals surface area contributed by atoms with Gasteiger partial charge in [0.25, 0.3) is 0 Å². The van der Waals surface area contributed by atoms with Crippen LogP contribution in [-0.2, 0) is 4.79 Å². The molecule has 100 valence electrons. The lowest BCUT2D eigenvalue weighted by Crippen LogP contribution is -2.31. The van der Waals surface area contributed by atoms with Gasteiger partial charge in [0.15, 0.2) is 0 Å². The molecule has 1 fully saturated rings. The normalized spacial score (nSPS) is 17.2. The molecule has 0 heterocycles. The van der Waals surface area contributed by atoms with Crippen molar-refractivity contribution in [2.45, 2.75) is 52.0 Å². The average molecular weight is 242 g/mol. The number of amides is 1. The summed E-state index contributed by atoms with van der Waals surface area (Å²) in [5, 5.41) is 15.2. The van der Waals surface area contributed by atoms with Crippen LogP contribution in [0.15, 0.2) is 0 Å². The zero-order chi connectivity index (χ0) is 12.7. The van der Waals surface area contributed by atoms with Gasteiger partial charge in [-0.15, -0.1) is 0 Å². The first-order valence-electron chi connectivity index (χ1n) is 6.69. The smallest absolute Gasteiger partial charge is 0.220 e. The average Bonchev–Trinajstić information content (AvgIpc) is 3.03. The Bertz CT molecular complexity index is 238. The standard InChI is InChI=1S/C13H26N2O2/c1-11(2)14-8-3-4-12(17)15-10-13(5-6-13)7-9-16/h11,14,16H,3-10H2,1-2H3,(H,15,17). The van der Waals surface area contributed by atoms with E-state index in [0.29, 0.717) is 12.5 Å². The van der Waals surface area contributed by atoms with Crippen LogP contribution >= 0.6 is 0 Å². The second-order valence-corrected chi connectivity index (χ2v) is 5.46. The van der Waals surface area contributed by atoms with Crippen molar-refractivity contribution in [2.24, 2.45) is 5.41 Å². The van der Waals surface area contributed by atoms with Gasteiger partial charge < -0.3 is 15.7 Å². The summed E-state index contributed by atoms with van der Waals surface area (Å²) in [6.07, 6.45) is 4.58. The van der Waals surface area contributed by atoms with E-state index in [0.717, 1.165) is 38.8 Å². The minimum Gasteiger partial charge on any atom is -0.396 e. The van der Waals surface area contributed by atoms with E-state index in [2.05, 4.69) is 24.5 Å². The van der Waals surface area contributed by atoms with Crippen LogP contribution in [0, 0.1) is 5.41 Å². The number of nitrogens with one attached hydrogen (secondary N) is 2. The SMILES string of the molecule is CC(C)NCCCC(=O)NCC1(CCO)CC1. The molecule has 1 rings (SSSR count). The number of hydrogen-bond acceptors (Lipinski definition) is 3. The van der Waals surface area contributed by atoms with Crippen molar-refractivity contribution in [2.75, 3.05) is 19.7 Å². The van der Waals surface area contributed by atoms with Gasteiger partial charge in [-0.1, -0.05) is 13.8 Å². The fourth-order valence-electron chi connectivity index (χ4n) is 1.94. The highest BCUT2D eigenvalue weighted by Crippen LogP contribution is 2.47. The maximum Gasteiger partial charge on any atom is 0.220 e. The molecule has 0 aromatic rings. The monoisotopic (exact) mass is 242 g/mol. The third kappa shape index (κ3) is 6.03. The van der Waals surface area contributed by atoms with Crippen molar-refractivity contribution in [1.82, 2.24) is 10.6 Å². The second-order valence-electron chi connectivity index (χ2n) is 5.46. The molecular formula is C13H26N2O2. The van der Waals surface area contributed by atoms with Gasteiger partial charge in [-0.25, -0.2) is 0 Å². The molecule has 4 nitrogen and oxygen atoms in total. The Morgan fingerprint density at radius 1 is 1.41 bits per heavy atom. The lowest BCUT2D eigenvalue weighted by molar-refractivity contribution is -0.121. The van der Waals surface area contributed by atoms with Crippen molar-refractivity contribution in [1.29, 1.82) is 0 Å². The van der Waals surface area contributed by atoms with E-state index in [1.165, 1.54) is 0 Å². The Morgan fingerprint density at radius 3 is 2.65 bits per heavy atom. The third-order valence-corrected chi connectivity index (χ3v) is 3.39. The number of hydrogen-bond donors (Lipinski definition) is 3. The van der Waals surface area contributed by atoms with Crippen molar-refractivity contribution in [3.63, 3.8) is 0 Å². The molecule has 0 aromatic carbocycles. The van der Waals surface area contributed by atoms with Crippen LogP contribution in [0.5, 0.6) is 0 Å². The molecule has 0 bridgehead atoms. The van der Waals surface area contributed by atoms with Gasteiger partial charge in [0.05, 0.1) is 0 Å². The highest BCUT2D eigenvalue weighted by atomic mass is 16.3.